The van der Waals surface area contributed by atoms with Crippen molar-refractivity contribution < 1.29 is 24.9 Å². The van der Waals surface area contributed by atoms with Gasteiger partial charge >= 0.3 is 5.97 Å². The number of benzene rings is 1. The van der Waals surface area contributed by atoms with Crippen molar-refractivity contribution in [2.45, 2.75) is 40.7 Å². The third kappa shape index (κ3) is 4.09. The molecule has 1 heterocycles. The third-order valence-electron chi connectivity index (χ3n) is 5.37. The summed E-state index contributed by atoms with van der Waals surface area (Å²) in [4.78, 5) is 24.6. The molecule has 1 aliphatic carbocycles. The second-order valence-corrected chi connectivity index (χ2v) is 10.00. The predicted molar refractivity (Wildman–Crippen MR) is 124 cm³/mol. The van der Waals surface area contributed by atoms with Gasteiger partial charge in [-0.1, -0.05) is 33.8 Å². The molecule has 2 aromatic rings. The highest BCUT2D eigenvalue weighted by Crippen LogP contribution is 2.33. The van der Waals surface area contributed by atoms with Crippen LogP contribution in [0.1, 0.15) is 49.7 Å². The van der Waals surface area contributed by atoms with E-state index in [1.807, 2.05) is 32.9 Å². The summed E-state index contributed by atoms with van der Waals surface area (Å²) in [5.74, 6) is -2.22. The van der Waals surface area contributed by atoms with Crippen LogP contribution in [0.5, 0.6) is 5.88 Å². The number of aliphatic hydroxyl groups excluding tert-OH is 1. The first-order valence-corrected chi connectivity index (χ1v) is 11.2. The first-order chi connectivity index (χ1) is 14.4. The first-order valence-electron chi connectivity index (χ1n) is 9.93. The highest BCUT2D eigenvalue weighted by molar-refractivity contribution is 7.73. The maximum Gasteiger partial charge on any atom is 0.327 e. The average molecular weight is 460 g/mol. The highest BCUT2D eigenvalue weighted by Gasteiger charge is 2.28. The summed E-state index contributed by atoms with van der Waals surface area (Å²) < 4.78 is 1.56. The molecular formula is C23H25NO5S2. The number of rotatable bonds is 5. The van der Waals surface area contributed by atoms with Gasteiger partial charge in [0.1, 0.15) is 6.04 Å². The number of allylic oxidation sites excluding steroid dienone is 1. The van der Waals surface area contributed by atoms with Crippen LogP contribution in [0.15, 0.2) is 17.9 Å². The van der Waals surface area contributed by atoms with Crippen LogP contribution in [-0.4, -0.2) is 31.6 Å². The molecule has 0 radical (unpaired) electrons. The third-order valence-corrected chi connectivity index (χ3v) is 6.71. The summed E-state index contributed by atoms with van der Waals surface area (Å²) in [6, 6.07) is 2.78. The van der Waals surface area contributed by atoms with Gasteiger partial charge in [0.15, 0.2) is 9.71 Å². The molecule has 0 saturated carbocycles. The SMILES string of the molecule is Cc1cc2c(cc1=Cc1sc(=S)n(C(C(=O)O)C(C)C)c1O)C=C(O)C(=O)C=2C(C)C. The van der Waals surface area contributed by atoms with Gasteiger partial charge < -0.3 is 15.3 Å². The van der Waals surface area contributed by atoms with E-state index in [4.69, 9.17) is 12.2 Å². The fraction of sp³-hybridized carbons (Fsp3) is 0.348. The minimum Gasteiger partial charge on any atom is -0.504 e. The summed E-state index contributed by atoms with van der Waals surface area (Å²) in [5, 5.41) is 32.0. The Balaban J connectivity index is 2.26. The molecule has 164 valence electrons. The number of carboxylic acid groups (broad SMARTS) is 1. The van der Waals surface area contributed by atoms with E-state index < -0.39 is 12.0 Å². The van der Waals surface area contributed by atoms with Gasteiger partial charge in [0.25, 0.3) is 0 Å². The number of aromatic hydroxyl groups is 1. The Labute approximate surface area is 189 Å². The van der Waals surface area contributed by atoms with E-state index in [9.17, 15) is 24.9 Å². The molecule has 3 N–H and O–H groups in total. The zero-order chi connectivity index (χ0) is 23.2. The van der Waals surface area contributed by atoms with Crippen LogP contribution in [-0.2, 0) is 9.59 Å². The maximum atomic E-state index is 12.4. The van der Waals surface area contributed by atoms with E-state index in [1.165, 1.54) is 10.6 Å². The molecule has 1 aromatic carbocycles. The lowest BCUT2D eigenvalue weighted by molar-refractivity contribution is -0.142. The Hall–Kier alpha value is -2.71. The Bertz CT molecular complexity index is 1290. The van der Waals surface area contributed by atoms with E-state index in [1.54, 1.807) is 19.9 Å². The van der Waals surface area contributed by atoms with E-state index in [0.29, 0.717) is 16.0 Å². The van der Waals surface area contributed by atoms with Crippen molar-refractivity contribution in [3.8, 4) is 5.88 Å². The molecule has 3 rings (SSSR count). The molecule has 8 heteroatoms. The Morgan fingerprint density at radius 2 is 1.84 bits per heavy atom. The van der Waals surface area contributed by atoms with Gasteiger partial charge in [-0.15, -0.1) is 11.3 Å². The molecule has 0 spiro atoms. The van der Waals surface area contributed by atoms with Crippen LogP contribution in [0.3, 0.4) is 0 Å². The number of aliphatic carboxylic acids is 1. The van der Waals surface area contributed by atoms with Gasteiger partial charge in [-0.3, -0.25) is 9.36 Å². The molecule has 0 amide bonds. The van der Waals surface area contributed by atoms with Gasteiger partial charge in [-0.2, -0.15) is 0 Å². The zero-order valence-corrected chi connectivity index (χ0v) is 19.6. The van der Waals surface area contributed by atoms with Gasteiger partial charge in [-0.25, -0.2) is 4.79 Å². The average Bonchev–Trinajstić information content (AvgIpc) is 2.91. The minimum atomic E-state index is -1.06. The molecule has 0 aliphatic heterocycles. The molecule has 0 bridgehead atoms. The molecule has 6 nitrogen and oxygen atoms in total. The lowest BCUT2D eigenvalue weighted by atomic mass is 9.88. The monoisotopic (exact) mass is 459 g/mol. The number of hydrogen-bond acceptors (Lipinski definition) is 6. The number of aromatic nitrogens is 1. The number of aryl methyl sites for hydroxylation is 1. The van der Waals surface area contributed by atoms with Crippen LogP contribution in [0.2, 0.25) is 0 Å². The first kappa shape index (κ1) is 23.0. The van der Waals surface area contributed by atoms with E-state index in [2.05, 4.69) is 0 Å². The van der Waals surface area contributed by atoms with Crippen LogP contribution in [0.25, 0.3) is 17.7 Å². The molecule has 1 aliphatic rings. The smallest absolute Gasteiger partial charge is 0.327 e. The van der Waals surface area contributed by atoms with E-state index in [-0.39, 0.29) is 33.2 Å². The van der Waals surface area contributed by atoms with E-state index in [0.717, 1.165) is 27.3 Å². The number of nitrogens with zero attached hydrogens (tertiary/aromatic N) is 1. The van der Waals surface area contributed by atoms with Crippen LogP contribution < -0.4 is 10.4 Å². The van der Waals surface area contributed by atoms with Gasteiger partial charge in [0.05, 0.1) is 4.88 Å². The van der Waals surface area contributed by atoms with Crippen molar-refractivity contribution >= 4 is 53.0 Å². The normalized spacial score (nSPS) is 15.5. The number of fused-ring (bicyclic) bond motifs is 1. The standard InChI is InChI=1S/C23H25NO5S2/c1-10(2)18-15-6-12(5)13(7-14(15)8-16(25)20(18)26)9-17-21(27)24(23(30)31-17)19(11(3)4)22(28)29/h6-11,19,25,27H,1-5H3,(H,28,29). The Morgan fingerprint density at radius 3 is 2.39 bits per heavy atom. The van der Waals surface area contributed by atoms with E-state index >= 15 is 0 Å². The number of carbonyl (C=O) groups is 2. The molecule has 0 saturated heterocycles. The topological polar surface area (TPSA) is 99.8 Å². The molecular weight excluding hydrogens is 434 g/mol. The molecule has 31 heavy (non-hydrogen) atoms. The highest BCUT2D eigenvalue weighted by atomic mass is 32.1. The second kappa shape index (κ2) is 8.43. The Morgan fingerprint density at radius 1 is 1.19 bits per heavy atom. The fourth-order valence-electron chi connectivity index (χ4n) is 3.87. The van der Waals surface area contributed by atoms with Gasteiger partial charge in [0.2, 0.25) is 11.7 Å². The molecule has 1 atom stereocenters. The Kier molecular flexibility index (Phi) is 6.25. The summed E-state index contributed by atoms with van der Waals surface area (Å²) in [6.07, 6.45) is 3.20. The van der Waals surface area contributed by atoms with Gasteiger partial charge in [-0.05, 0) is 70.8 Å². The van der Waals surface area contributed by atoms with Crippen LogP contribution >= 0.6 is 23.6 Å². The van der Waals surface area contributed by atoms with Crippen molar-refractivity contribution in [2.75, 3.05) is 0 Å². The second-order valence-electron chi connectivity index (χ2n) is 8.32. The number of aliphatic hydroxyl groups is 1. The zero-order valence-electron chi connectivity index (χ0n) is 18.0. The summed E-state index contributed by atoms with van der Waals surface area (Å²) in [5.41, 5.74) is 2.16. The number of carboxylic acids is 1. The fourth-order valence-corrected chi connectivity index (χ4v) is 5.20. The van der Waals surface area contributed by atoms with Crippen molar-refractivity contribution in [2.24, 2.45) is 11.8 Å². The van der Waals surface area contributed by atoms with Crippen molar-refractivity contribution in [3.63, 3.8) is 0 Å². The largest absolute Gasteiger partial charge is 0.504 e. The summed E-state index contributed by atoms with van der Waals surface area (Å²) in [7, 11) is 0. The van der Waals surface area contributed by atoms with Crippen LogP contribution in [0, 0.1) is 22.7 Å². The predicted octanol–water partition coefficient (Wildman–Crippen LogP) is 3.69. The number of hydrogen-bond donors (Lipinski definition) is 3. The van der Waals surface area contributed by atoms with Crippen molar-refractivity contribution in [3.05, 3.63) is 48.3 Å². The molecule has 0 fully saturated rings. The summed E-state index contributed by atoms with van der Waals surface area (Å²) >= 11 is 6.48. The molecule has 1 aromatic heterocycles. The number of thiazole rings is 1. The van der Waals surface area contributed by atoms with Crippen molar-refractivity contribution in [1.29, 1.82) is 0 Å². The minimum absolute atomic E-state index is 0.0524. The lowest BCUT2D eigenvalue weighted by Crippen LogP contribution is -2.28. The molecule has 1 unspecified atom stereocenters. The number of carbonyl (C=O) groups excluding carboxylic acids is 1. The van der Waals surface area contributed by atoms with Gasteiger partial charge in [0, 0.05) is 5.57 Å². The number of Topliss-reactive ketones (excluding diaryl/α,β-unsaturated/α-hetero) is 1. The quantitative estimate of drug-likeness (QED) is 0.590. The number of ketones is 1. The van der Waals surface area contributed by atoms with Crippen molar-refractivity contribution in [1.82, 2.24) is 4.57 Å². The lowest BCUT2D eigenvalue weighted by Gasteiger charge is -2.18. The van der Waals surface area contributed by atoms with Crippen LogP contribution in [0.4, 0.5) is 0 Å². The maximum absolute atomic E-state index is 12.4. The summed E-state index contributed by atoms with van der Waals surface area (Å²) in [6.45, 7) is 9.24.